The van der Waals surface area contributed by atoms with E-state index in [0.717, 1.165) is 25.0 Å². The van der Waals surface area contributed by atoms with Gasteiger partial charge >= 0.3 is 5.97 Å². The lowest BCUT2D eigenvalue weighted by Gasteiger charge is -2.28. The quantitative estimate of drug-likeness (QED) is 0.769. The molecule has 1 aromatic carbocycles. The minimum atomic E-state index is -0.0869. The van der Waals surface area contributed by atoms with Gasteiger partial charge in [0.1, 0.15) is 5.75 Å². The second kappa shape index (κ2) is 5.24. The van der Waals surface area contributed by atoms with Crippen molar-refractivity contribution in [1.82, 2.24) is 0 Å². The van der Waals surface area contributed by atoms with Crippen molar-refractivity contribution >= 4 is 5.97 Å². The van der Waals surface area contributed by atoms with Gasteiger partial charge in [-0.15, -0.1) is 0 Å². The number of ether oxygens (including phenoxy) is 2. The van der Waals surface area contributed by atoms with Crippen LogP contribution < -0.4 is 4.74 Å². The predicted molar refractivity (Wildman–Crippen MR) is 74.7 cm³/mol. The monoisotopic (exact) mass is 262 g/mol. The molecule has 0 spiro atoms. The smallest absolute Gasteiger partial charge is 0.309 e. The van der Waals surface area contributed by atoms with Gasteiger partial charge in [-0.05, 0) is 67.9 Å². The summed E-state index contributed by atoms with van der Waals surface area (Å²) in [7, 11) is 3.19. The zero-order valence-corrected chi connectivity index (χ0v) is 12.4. The summed E-state index contributed by atoms with van der Waals surface area (Å²) in [5.41, 5.74) is 6.34. The molecule has 0 saturated carbocycles. The molecule has 0 aliphatic heterocycles. The third kappa shape index (κ3) is 2.22. The summed E-state index contributed by atoms with van der Waals surface area (Å²) in [5, 5.41) is 0. The maximum atomic E-state index is 11.7. The molecule has 1 aliphatic rings. The Kier molecular flexibility index (Phi) is 3.83. The first-order valence-electron chi connectivity index (χ1n) is 6.74. The standard InChI is InChI=1S/C16H22O3/c1-9-10(2)15(18-4)11(3)13-7-6-12(8-14(9)13)16(17)19-5/h12H,6-8H2,1-5H3. The Morgan fingerprint density at radius 2 is 1.74 bits per heavy atom. The molecule has 0 fully saturated rings. The highest BCUT2D eigenvalue weighted by atomic mass is 16.5. The van der Waals surface area contributed by atoms with E-state index in [1.807, 2.05) is 0 Å². The van der Waals surface area contributed by atoms with Gasteiger partial charge in [-0.25, -0.2) is 0 Å². The SMILES string of the molecule is COC(=O)C1CCc2c(C)c(OC)c(C)c(C)c2C1. The van der Waals surface area contributed by atoms with Crippen molar-refractivity contribution in [3.63, 3.8) is 0 Å². The first-order chi connectivity index (χ1) is 9.01. The minimum absolute atomic E-state index is 0.00314. The van der Waals surface area contributed by atoms with Crippen molar-refractivity contribution in [1.29, 1.82) is 0 Å². The summed E-state index contributed by atoms with van der Waals surface area (Å²) in [6, 6.07) is 0. The summed E-state index contributed by atoms with van der Waals surface area (Å²) in [4.78, 5) is 11.7. The van der Waals surface area contributed by atoms with Crippen molar-refractivity contribution in [2.24, 2.45) is 5.92 Å². The Bertz CT molecular complexity index is 517. The lowest BCUT2D eigenvalue weighted by Crippen LogP contribution is -2.25. The molecule has 0 radical (unpaired) electrons. The summed E-state index contributed by atoms with van der Waals surface area (Å²) in [5.74, 6) is 0.910. The van der Waals surface area contributed by atoms with Crippen LogP contribution in [0, 0.1) is 26.7 Å². The number of carbonyl (C=O) groups excluding carboxylic acids is 1. The fourth-order valence-corrected chi connectivity index (χ4v) is 3.22. The molecule has 2 rings (SSSR count). The normalized spacial score (nSPS) is 17.8. The fourth-order valence-electron chi connectivity index (χ4n) is 3.22. The molecule has 1 atom stereocenters. The van der Waals surface area contributed by atoms with E-state index >= 15 is 0 Å². The Morgan fingerprint density at radius 1 is 1.05 bits per heavy atom. The Labute approximate surface area is 114 Å². The van der Waals surface area contributed by atoms with Gasteiger partial charge in [0.05, 0.1) is 20.1 Å². The summed E-state index contributed by atoms with van der Waals surface area (Å²) in [6.07, 6.45) is 2.59. The largest absolute Gasteiger partial charge is 0.496 e. The maximum absolute atomic E-state index is 11.7. The van der Waals surface area contributed by atoms with Crippen LogP contribution in [0.25, 0.3) is 0 Å². The molecule has 0 amide bonds. The highest BCUT2D eigenvalue weighted by Gasteiger charge is 2.29. The third-order valence-electron chi connectivity index (χ3n) is 4.45. The molecular weight excluding hydrogens is 240 g/mol. The van der Waals surface area contributed by atoms with Gasteiger partial charge in [0.2, 0.25) is 0 Å². The molecule has 0 heterocycles. The molecule has 3 heteroatoms. The van der Waals surface area contributed by atoms with Gasteiger partial charge in [0.15, 0.2) is 0 Å². The lowest BCUT2D eigenvalue weighted by atomic mass is 9.78. The van der Waals surface area contributed by atoms with Gasteiger partial charge in [0.25, 0.3) is 0 Å². The average Bonchev–Trinajstić information content (AvgIpc) is 2.44. The number of hydrogen-bond acceptors (Lipinski definition) is 3. The van der Waals surface area contributed by atoms with E-state index < -0.39 is 0 Å². The molecule has 19 heavy (non-hydrogen) atoms. The van der Waals surface area contributed by atoms with Crippen LogP contribution in [0.1, 0.15) is 34.2 Å². The van der Waals surface area contributed by atoms with E-state index in [1.54, 1.807) is 7.11 Å². The van der Waals surface area contributed by atoms with Crippen molar-refractivity contribution in [2.45, 2.75) is 40.0 Å². The van der Waals surface area contributed by atoms with Crippen LogP contribution in [0.15, 0.2) is 0 Å². The first-order valence-corrected chi connectivity index (χ1v) is 6.74. The highest BCUT2D eigenvalue weighted by molar-refractivity contribution is 5.73. The van der Waals surface area contributed by atoms with Crippen LogP contribution in [-0.4, -0.2) is 20.2 Å². The number of rotatable bonds is 2. The third-order valence-corrected chi connectivity index (χ3v) is 4.45. The molecule has 3 nitrogen and oxygen atoms in total. The van der Waals surface area contributed by atoms with Crippen LogP contribution in [0.3, 0.4) is 0 Å². The predicted octanol–water partition coefficient (Wildman–Crippen LogP) is 2.90. The Hall–Kier alpha value is -1.51. The minimum Gasteiger partial charge on any atom is -0.496 e. The van der Waals surface area contributed by atoms with Gasteiger partial charge < -0.3 is 9.47 Å². The number of benzene rings is 1. The van der Waals surface area contributed by atoms with E-state index in [-0.39, 0.29) is 11.9 Å². The number of methoxy groups -OCH3 is 2. The van der Waals surface area contributed by atoms with Crippen LogP contribution in [0.2, 0.25) is 0 Å². The molecule has 1 aliphatic carbocycles. The fraction of sp³-hybridized carbons (Fsp3) is 0.562. The van der Waals surface area contributed by atoms with Crippen LogP contribution in [-0.2, 0) is 22.4 Å². The van der Waals surface area contributed by atoms with Gasteiger partial charge in [-0.2, -0.15) is 0 Å². The molecule has 0 bridgehead atoms. The lowest BCUT2D eigenvalue weighted by molar-refractivity contribution is -0.145. The maximum Gasteiger partial charge on any atom is 0.309 e. The zero-order chi connectivity index (χ0) is 14.2. The van der Waals surface area contributed by atoms with E-state index in [1.165, 1.54) is 34.9 Å². The van der Waals surface area contributed by atoms with Crippen molar-refractivity contribution in [3.05, 3.63) is 27.8 Å². The summed E-state index contributed by atoms with van der Waals surface area (Å²) >= 11 is 0. The van der Waals surface area contributed by atoms with E-state index in [0.29, 0.717) is 0 Å². The Balaban J connectivity index is 2.49. The number of hydrogen-bond donors (Lipinski definition) is 0. The van der Waals surface area contributed by atoms with E-state index in [2.05, 4.69) is 20.8 Å². The second-order valence-electron chi connectivity index (χ2n) is 5.33. The molecule has 1 aromatic rings. The number of esters is 1. The van der Waals surface area contributed by atoms with Gasteiger partial charge in [0, 0.05) is 0 Å². The van der Waals surface area contributed by atoms with Crippen LogP contribution >= 0.6 is 0 Å². The van der Waals surface area contributed by atoms with Crippen molar-refractivity contribution < 1.29 is 14.3 Å². The zero-order valence-electron chi connectivity index (χ0n) is 12.4. The Morgan fingerprint density at radius 3 is 2.32 bits per heavy atom. The highest BCUT2D eigenvalue weighted by Crippen LogP contribution is 2.38. The molecule has 0 saturated heterocycles. The molecule has 104 valence electrons. The van der Waals surface area contributed by atoms with Crippen molar-refractivity contribution in [3.8, 4) is 5.75 Å². The number of fused-ring (bicyclic) bond motifs is 1. The van der Waals surface area contributed by atoms with Gasteiger partial charge in [-0.3, -0.25) is 4.79 Å². The molecule has 1 unspecified atom stereocenters. The second-order valence-corrected chi connectivity index (χ2v) is 5.33. The number of carbonyl (C=O) groups is 1. The van der Waals surface area contributed by atoms with Crippen LogP contribution in [0.5, 0.6) is 5.75 Å². The molecule has 0 N–H and O–H groups in total. The molecule has 0 aromatic heterocycles. The first kappa shape index (κ1) is 13.9. The summed E-state index contributed by atoms with van der Waals surface area (Å²) in [6.45, 7) is 6.32. The molecular formula is C16H22O3. The van der Waals surface area contributed by atoms with Crippen LogP contribution in [0.4, 0.5) is 0 Å². The average molecular weight is 262 g/mol. The summed E-state index contributed by atoms with van der Waals surface area (Å²) < 4.78 is 10.4. The van der Waals surface area contributed by atoms with Gasteiger partial charge in [-0.1, -0.05) is 0 Å². The van der Waals surface area contributed by atoms with E-state index in [9.17, 15) is 4.79 Å². The van der Waals surface area contributed by atoms with E-state index in [4.69, 9.17) is 9.47 Å². The van der Waals surface area contributed by atoms with Crippen molar-refractivity contribution in [2.75, 3.05) is 14.2 Å². The topological polar surface area (TPSA) is 35.5 Å².